The smallest absolute Gasteiger partial charge is 0.414 e. The second-order valence-electron chi connectivity index (χ2n) is 7.73. The number of aromatic amines is 1. The van der Waals surface area contributed by atoms with Crippen LogP contribution < -0.4 is 10.5 Å². The average molecular weight is 365 g/mol. The molecule has 1 aromatic heterocycles. The molecule has 0 bridgehead atoms. The summed E-state index contributed by atoms with van der Waals surface area (Å²) in [6.45, 7) is 7.79. The molecule has 0 saturated heterocycles. The van der Waals surface area contributed by atoms with Crippen LogP contribution in [0.4, 0.5) is 10.5 Å². The van der Waals surface area contributed by atoms with Gasteiger partial charge in [0.25, 0.3) is 5.56 Å². The van der Waals surface area contributed by atoms with Crippen molar-refractivity contribution >= 4 is 11.8 Å². The fourth-order valence-electron chi connectivity index (χ4n) is 3.38. The summed E-state index contributed by atoms with van der Waals surface area (Å²) in [6.07, 6.45) is 1.23. The number of pyridine rings is 1. The lowest BCUT2D eigenvalue weighted by atomic mass is 9.92. The van der Waals surface area contributed by atoms with Crippen molar-refractivity contribution < 1.29 is 9.53 Å². The minimum Gasteiger partial charge on any atom is -0.443 e. The Hall–Kier alpha value is -3.07. The number of nitrogens with zero attached hydrogens (tertiary/aromatic N) is 2. The Morgan fingerprint density at radius 2 is 2.04 bits per heavy atom. The monoisotopic (exact) mass is 365 g/mol. The molecule has 0 unspecified atom stereocenters. The minimum absolute atomic E-state index is 0.0451. The Morgan fingerprint density at radius 3 is 2.70 bits per heavy atom. The van der Waals surface area contributed by atoms with E-state index < -0.39 is 17.3 Å². The maximum Gasteiger partial charge on any atom is 0.414 e. The summed E-state index contributed by atoms with van der Waals surface area (Å²) in [5.74, 6) is 0. The number of nitrogens with one attached hydrogen (secondary N) is 1. The van der Waals surface area contributed by atoms with Crippen LogP contribution in [0.3, 0.4) is 0 Å². The van der Waals surface area contributed by atoms with E-state index in [9.17, 15) is 14.9 Å². The SMILES string of the molecule is Cc1cc(-c2cccc3c2N(C(=O)OC(C)(C)C)CCC3)c(C#N)c(=O)[nH]1. The fraction of sp³-hybridized carbons (Fsp3) is 0.381. The van der Waals surface area contributed by atoms with Gasteiger partial charge in [-0.3, -0.25) is 9.69 Å². The molecule has 0 aliphatic carbocycles. The number of aryl methyl sites for hydroxylation is 2. The number of para-hydroxylation sites is 1. The number of rotatable bonds is 1. The lowest BCUT2D eigenvalue weighted by Crippen LogP contribution is -2.40. The number of carbonyl (C=O) groups is 1. The Labute approximate surface area is 158 Å². The molecule has 1 N–H and O–H groups in total. The van der Waals surface area contributed by atoms with E-state index in [-0.39, 0.29) is 5.56 Å². The summed E-state index contributed by atoms with van der Waals surface area (Å²) in [7, 11) is 0. The number of carbonyl (C=O) groups excluding carboxylic acids is 1. The molecule has 2 aromatic rings. The third kappa shape index (κ3) is 3.72. The average Bonchev–Trinajstić information content (AvgIpc) is 2.58. The molecule has 0 radical (unpaired) electrons. The van der Waals surface area contributed by atoms with Gasteiger partial charge in [-0.2, -0.15) is 5.26 Å². The Morgan fingerprint density at radius 1 is 1.30 bits per heavy atom. The molecule has 6 heteroatoms. The fourth-order valence-corrected chi connectivity index (χ4v) is 3.38. The second kappa shape index (κ2) is 6.92. The molecule has 0 fully saturated rings. The van der Waals surface area contributed by atoms with Crippen LogP contribution in [-0.4, -0.2) is 23.2 Å². The highest BCUT2D eigenvalue weighted by Gasteiger charge is 2.30. The van der Waals surface area contributed by atoms with Gasteiger partial charge in [-0.1, -0.05) is 18.2 Å². The molecule has 27 heavy (non-hydrogen) atoms. The maximum absolute atomic E-state index is 12.8. The van der Waals surface area contributed by atoms with E-state index in [1.807, 2.05) is 45.0 Å². The Balaban J connectivity index is 2.21. The van der Waals surface area contributed by atoms with Gasteiger partial charge >= 0.3 is 6.09 Å². The first-order chi connectivity index (χ1) is 12.7. The number of hydrogen-bond acceptors (Lipinski definition) is 4. The number of benzene rings is 1. The molecule has 6 nitrogen and oxygen atoms in total. The number of anilines is 1. The molecule has 2 heterocycles. The van der Waals surface area contributed by atoms with E-state index in [0.717, 1.165) is 24.1 Å². The standard InChI is InChI=1S/C21H23N3O3/c1-13-11-16(17(12-22)19(25)23-13)15-9-5-7-14-8-6-10-24(18(14)15)20(26)27-21(2,3)4/h5,7,9,11H,6,8,10H2,1-4H3,(H,23,25). The molecule has 0 saturated carbocycles. The van der Waals surface area contributed by atoms with Gasteiger partial charge in [-0.15, -0.1) is 0 Å². The minimum atomic E-state index is -0.609. The van der Waals surface area contributed by atoms with Crippen LogP contribution in [0, 0.1) is 18.3 Å². The Kier molecular flexibility index (Phi) is 4.79. The number of aromatic nitrogens is 1. The molecule has 1 aliphatic rings. The number of H-pyrrole nitrogens is 1. The highest BCUT2D eigenvalue weighted by atomic mass is 16.6. The molecule has 1 aliphatic heterocycles. The highest BCUT2D eigenvalue weighted by Crippen LogP contribution is 2.39. The molecular weight excluding hydrogens is 342 g/mol. The van der Waals surface area contributed by atoms with Crippen molar-refractivity contribution in [2.75, 3.05) is 11.4 Å². The van der Waals surface area contributed by atoms with Crippen LogP contribution in [0.5, 0.6) is 0 Å². The van der Waals surface area contributed by atoms with Gasteiger partial charge in [0.15, 0.2) is 0 Å². The predicted molar refractivity (Wildman–Crippen MR) is 104 cm³/mol. The van der Waals surface area contributed by atoms with Gasteiger partial charge in [0.2, 0.25) is 0 Å². The predicted octanol–water partition coefficient (Wildman–Crippen LogP) is 3.91. The number of ether oxygens (including phenoxy) is 1. The molecular formula is C21H23N3O3. The van der Waals surface area contributed by atoms with E-state index >= 15 is 0 Å². The van der Waals surface area contributed by atoms with Crippen molar-refractivity contribution in [2.45, 2.75) is 46.1 Å². The lowest BCUT2D eigenvalue weighted by molar-refractivity contribution is 0.0578. The van der Waals surface area contributed by atoms with Gasteiger partial charge in [0, 0.05) is 23.4 Å². The maximum atomic E-state index is 12.8. The zero-order valence-electron chi connectivity index (χ0n) is 16.0. The third-order valence-corrected chi connectivity index (χ3v) is 4.40. The molecule has 1 amide bonds. The Bertz CT molecular complexity index is 993. The number of fused-ring (bicyclic) bond motifs is 1. The quantitative estimate of drug-likeness (QED) is 0.830. The van der Waals surface area contributed by atoms with Crippen molar-refractivity contribution in [3.8, 4) is 17.2 Å². The van der Waals surface area contributed by atoms with E-state index in [0.29, 0.717) is 23.4 Å². The molecule has 3 rings (SSSR count). The van der Waals surface area contributed by atoms with Crippen molar-refractivity contribution in [3.05, 3.63) is 51.4 Å². The summed E-state index contributed by atoms with van der Waals surface area (Å²) >= 11 is 0. The summed E-state index contributed by atoms with van der Waals surface area (Å²) in [4.78, 5) is 29.4. The first-order valence-electron chi connectivity index (χ1n) is 8.98. The summed E-state index contributed by atoms with van der Waals surface area (Å²) < 4.78 is 5.58. The first kappa shape index (κ1) is 18.7. The topological polar surface area (TPSA) is 86.2 Å². The molecule has 1 aromatic carbocycles. The number of amides is 1. The van der Waals surface area contributed by atoms with Gasteiger partial charge in [-0.05, 0) is 52.2 Å². The van der Waals surface area contributed by atoms with E-state index in [1.165, 1.54) is 0 Å². The zero-order valence-corrected chi connectivity index (χ0v) is 16.0. The zero-order chi connectivity index (χ0) is 19.8. The van der Waals surface area contributed by atoms with Gasteiger partial charge in [0.1, 0.15) is 17.2 Å². The van der Waals surface area contributed by atoms with Crippen LogP contribution in [0.15, 0.2) is 29.1 Å². The summed E-state index contributed by atoms with van der Waals surface area (Å²) in [5, 5.41) is 9.51. The van der Waals surface area contributed by atoms with Gasteiger partial charge in [0.05, 0.1) is 5.69 Å². The lowest BCUT2D eigenvalue weighted by Gasteiger charge is -2.33. The molecule has 0 spiro atoms. The van der Waals surface area contributed by atoms with E-state index in [2.05, 4.69) is 4.98 Å². The van der Waals surface area contributed by atoms with Crippen molar-refractivity contribution in [2.24, 2.45) is 0 Å². The van der Waals surface area contributed by atoms with Crippen LogP contribution in [0.2, 0.25) is 0 Å². The second-order valence-corrected chi connectivity index (χ2v) is 7.73. The summed E-state index contributed by atoms with van der Waals surface area (Å²) in [5.41, 5.74) is 2.63. The molecule has 140 valence electrons. The third-order valence-electron chi connectivity index (χ3n) is 4.40. The van der Waals surface area contributed by atoms with Crippen LogP contribution in [0.25, 0.3) is 11.1 Å². The van der Waals surface area contributed by atoms with Crippen molar-refractivity contribution in [3.63, 3.8) is 0 Å². The summed E-state index contributed by atoms with van der Waals surface area (Å²) in [6, 6.07) is 9.49. The van der Waals surface area contributed by atoms with Crippen molar-refractivity contribution in [1.82, 2.24) is 4.98 Å². The van der Waals surface area contributed by atoms with Crippen LogP contribution in [0.1, 0.15) is 44.0 Å². The number of nitriles is 1. The number of hydrogen-bond donors (Lipinski definition) is 1. The largest absolute Gasteiger partial charge is 0.443 e. The molecule has 0 atom stereocenters. The van der Waals surface area contributed by atoms with Crippen LogP contribution >= 0.6 is 0 Å². The van der Waals surface area contributed by atoms with E-state index in [4.69, 9.17) is 4.74 Å². The normalized spacial score (nSPS) is 13.7. The van der Waals surface area contributed by atoms with Crippen LogP contribution in [-0.2, 0) is 11.2 Å². The first-order valence-corrected chi connectivity index (χ1v) is 8.98. The van der Waals surface area contributed by atoms with Gasteiger partial charge < -0.3 is 9.72 Å². The van der Waals surface area contributed by atoms with Crippen molar-refractivity contribution in [1.29, 1.82) is 5.26 Å². The highest BCUT2D eigenvalue weighted by molar-refractivity contribution is 5.96. The van der Waals surface area contributed by atoms with Gasteiger partial charge in [-0.25, -0.2) is 4.79 Å². The van der Waals surface area contributed by atoms with E-state index in [1.54, 1.807) is 17.9 Å².